The third-order valence-electron chi connectivity index (χ3n) is 2.94. The molecule has 0 bridgehead atoms. The van der Waals surface area contributed by atoms with Crippen LogP contribution in [0.15, 0.2) is 24.3 Å². The monoisotopic (exact) mass is 349 g/mol. The summed E-state index contributed by atoms with van der Waals surface area (Å²) in [5, 5.41) is 10.7. The van der Waals surface area contributed by atoms with E-state index in [9.17, 15) is 27.9 Å². The van der Waals surface area contributed by atoms with Gasteiger partial charge >= 0.3 is 18.2 Å². The molecule has 0 saturated carbocycles. The molecule has 0 aliphatic rings. The van der Waals surface area contributed by atoms with E-state index >= 15 is 0 Å². The number of carboxylic acid groups (broad SMARTS) is 1. The number of methoxy groups -OCH3 is 1. The molecule has 134 valence electrons. The number of alkyl carbamates (subject to hydrolysis) is 1. The first-order chi connectivity index (χ1) is 10.8. The fraction of sp³-hybridized carbons (Fsp3) is 0.467. The normalized spacial score (nSPS) is 14.5. The van der Waals surface area contributed by atoms with Crippen LogP contribution in [0.25, 0.3) is 0 Å². The van der Waals surface area contributed by atoms with Crippen molar-refractivity contribution in [2.24, 2.45) is 0 Å². The van der Waals surface area contributed by atoms with Crippen LogP contribution in [0.5, 0.6) is 5.75 Å². The number of carbonyl (C=O) groups excluding carboxylic acids is 1. The Balaban J connectivity index is 3.46. The number of aliphatic carboxylic acids is 1. The van der Waals surface area contributed by atoms with Crippen LogP contribution in [0.4, 0.5) is 18.0 Å². The van der Waals surface area contributed by atoms with Crippen molar-refractivity contribution in [1.82, 2.24) is 5.32 Å². The Morgan fingerprint density at radius 2 is 1.75 bits per heavy atom. The number of rotatable bonds is 4. The second-order valence-electron chi connectivity index (χ2n) is 5.91. The summed E-state index contributed by atoms with van der Waals surface area (Å²) in [6, 6.07) is 4.36. The molecule has 0 saturated heterocycles. The molecule has 1 aromatic rings. The number of nitrogens with one attached hydrogen (secondary N) is 1. The number of carboxylic acids is 1. The summed E-state index contributed by atoms with van der Waals surface area (Å²) in [6.45, 7) is 4.32. The Morgan fingerprint density at radius 3 is 2.17 bits per heavy atom. The smallest absolute Gasteiger partial charge is 0.426 e. The third-order valence-corrected chi connectivity index (χ3v) is 2.94. The average molecular weight is 349 g/mol. The zero-order valence-corrected chi connectivity index (χ0v) is 13.5. The van der Waals surface area contributed by atoms with Gasteiger partial charge in [-0.1, -0.05) is 12.1 Å². The number of benzene rings is 1. The van der Waals surface area contributed by atoms with Gasteiger partial charge in [0.25, 0.3) is 5.54 Å². The third kappa shape index (κ3) is 4.09. The van der Waals surface area contributed by atoms with Crippen LogP contribution >= 0.6 is 0 Å². The number of amides is 1. The minimum absolute atomic E-state index is 0.00774. The van der Waals surface area contributed by atoms with Crippen LogP contribution in [0.1, 0.15) is 26.3 Å². The Labute approximate surface area is 136 Å². The van der Waals surface area contributed by atoms with E-state index in [4.69, 9.17) is 9.47 Å². The molecule has 9 heteroatoms. The molecule has 0 aromatic heterocycles. The molecule has 1 unspecified atom stereocenters. The number of hydrogen-bond donors (Lipinski definition) is 2. The Bertz CT molecular complexity index is 624. The standard InChI is InChI=1S/C15H18F3NO5/c1-13(2,3)24-12(22)19-14(11(20)21,15(16,17)18)9-6-5-7-10(8-9)23-4/h5-8H,1-4H3,(H,19,22)(H,20,21). The Morgan fingerprint density at radius 1 is 1.17 bits per heavy atom. The maximum atomic E-state index is 13.6. The number of ether oxygens (including phenoxy) is 2. The van der Waals surface area contributed by atoms with Gasteiger partial charge in [0.05, 0.1) is 7.11 Å². The van der Waals surface area contributed by atoms with E-state index in [1.807, 2.05) is 0 Å². The number of halogens is 3. The fourth-order valence-corrected chi connectivity index (χ4v) is 1.92. The predicted molar refractivity (Wildman–Crippen MR) is 77.7 cm³/mol. The van der Waals surface area contributed by atoms with Gasteiger partial charge in [0.1, 0.15) is 11.4 Å². The minimum atomic E-state index is -5.33. The molecule has 0 radical (unpaired) electrons. The van der Waals surface area contributed by atoms with E-state index in [-0.39, 0.29) is 5.75 Å². The maximum Gasteiger partial charge on any atom is 0.426 e. The number of hydrogen-bond acceptors (Lipinski definition) is 4. The highest BCUT2D eigenvalue weighted by atomic mass is 19.4. The lowest BCUT2D eigenvalue weighted by atomic mass is 9.89. The van der Waals surface area contributed by atoms with Crippen LogP contribution in [0, 0.1) is 0 Å². The molecule has 1 aromatic carbocycles. The van der Waals surface area contributed by atoms with E-state index in [1.165, 1.54) is 45.3 Å². The van der Waals surface area contributed by atoms with Crippen molar-refractivity contribution >= 4 is 12.1 Å². The van der Waals surface area contributed by atoms with Crippen molar-refractivity contribution < 1.29 is 37.3 Å². The van der Waals surface area contributed by atoms with E-state index in [0.29, 0.717) is 0 Å². The summed E-state index contributed by atoms with van der Waals surface area (Å²) in [7, 11) is 1.22. The first-order valence-electron chi connectivity index (χ1n) is 6.79. The Hall–Kier alpha value is -2.45. The first-order valence-corrected chi connectivity index (χ1v) is 6.79. The Kier molecular flexibility index (Phi) is 5.37. The average Bonchev–Trinajstić information content (AvgIpc) is 2.41. The lowest BCUT2D eigenvalue weighted by Gasteiger charge is -2.33. The van der Waals surface area contributed by atoms with E-state index < -0.39 is 34.9 Å². The van der Waals surface area contributed by atoms with Crippen LogP contribution < -0.4 is 10.1 Å². The molecule has 0 spiro atoms. The molecular formula is C15H18F3NO5. The van der Waals surface area contributed by atoms with Gasteiger partial charge in [0, 0.05) is 5.56 Å². The zero-order chi connectivity index (χ0) is 18.8. The van der Waals surface area contributed by atoms with Crippen molar-refractivity contribution in [3.63, 3.8) is 0 Å². The summed E-state index contributed by atoms with van der Waals surface area (Å²) in [5.41, 5.74) is -5.49. The minimum Gasteiger partial charge on any atom is -0.497 e. The molecule has 2 N–H and O–H groups in total. The quantitative estimate of drug-likeness (QED) is 0.873. The number of carbonyl (C=O) groups is 2. The SMILES string of the molecule is COc1cccc(C(NC(=O)OC(C)(C)C)(C(=O)O)C(F)(F)F)c1. The van der Waals surface area contributed by atoms with Crippen LogP contribution in [0.2, 0.25) is 0 Å². The van der Waals surface area contributed by atoms with Gasteiger partial charge in [-0.25, -0.2) is 9.59 Å². The molecule has 1 amide bonds. The van der Waals surface area contributed by atoms with Crippen molar-refractivity contribution in [2.45, 2.75) is 38.1 Å². The van der Waals surface area contributed by atoms with Gasteiger partial charge in [0.2, 0.25) is 0 Å². The first kappa shape index (κ1) is 19.6. The highest BCUT2D eigenvalue weighted by molar-refractivity contribution is 5.87. The van der Waals surface area contributed by atoms with E-state index in [0.717, 1.165) is 12.1 Å². The summed E-state index contributed by atoms with van der Waals surface area (Å²) >= 11 is 0. The summed E-state index contributed by atoms with van der Waals surface area (Å²) in [6.07, 6.45) is -6.84. The van der Waals surface area contributed by atoms with Crippen LogP contribution in [-0.4, -0.2) is 36.1 Å². The van der Waals surface area contributed by atoms with Crippen LogP contribution in [-0.2, 0) is 15.1 Å². The van der Waals surface area contributed by atoms with Gasteiger partial charge in [0.15, 0.2) is 0 Å². The molecule has 1 rings (SSSR count). The highest BCUT2D eigenvalue weighted by Crippen LogP contribution is 2.40. The molecule has 0 aliphatic carbocycles. The molecule has 6 nitrogen and oxygen atoms in total. The van der Waals surface area contributed by atoms with Gasteiger partial charge in [-0.15, -0.1) is 0 Å². The van der Waals surface area contributed by atoms with Crippen molar-refractivity contribution in [3.8, 4) is 5.75 Å². The molecular weight excluding hydrogens is 331 g/mol. The molecule has 0 heterocycles. The summed E-state index contributed by atoms with van der Waals surface area (Å²) < 4.78 is 50.5. The fourth-order valence-electron chi connectivity index (χ4n) is 1.92. The van der Waals surface area contributed by atoms with Crippen molar-refractivity contribution in [3.05, 3.63) is 29.8 Å². The second kappa shape index (κ2) is 6.58. The lowest BCUT2D eigenvalue weighted by Crippen LogP contribution is -2.61. The maximum absolute atomic E-state index is 13.6. The molecule has 24 heavy (non-hydrogen) atoms. The molecule has 1 atom stereocenters. The molecule has 0 fully saturated rings. The number of alkyl halides is 3. The van der Waals surface area contributed by atoms with Gasteiger partial charge in [-0.3, -0.25) is 5.32 Å². The molecule has 0 aliphatic heterocycles. The largest absolute Gasteiger partial charge is 0.497 e. The van der Waals surface area contributed by atoms with E-state index in [2.05, 4.69) is 0 Å². The highest BCUT2D eigenvalue weighted by Gasteiger charge is 2.64. The van der Waals surface area contributed by atoms with E-state index in [1.54, 1.807) is 0 Å². The van der Waals surface area contributed by atoms with Gasteiger partial charge < -0.3 is 14.6 Å². The summed E-state index contributed by atoms with van der Waals surface area (Å²) in [4.78, 5) is 23.4. The summed E-state index contributed by atoms with van der Waals surface area (Å²) in [5.74, 6) is -2.29. The lowest BCUT2D eigenvalue weighted by molar-refractivity contribution is -0.212. The van der Waals surface area contributed by atoms with Crippen molar-refractivity contribution in [1.29, 1.82) is 0 Å². The van der Waals surface area contributed by atoms with Crippen LogP contribution in [0.3, 0.4) is 0 Å². The topological polar surface area (TPSA) is 84.9 Å². The predicted octanol–water partition coefficient (Wildman–Crippen LogP) is 3.06. The second-order valence-corrected chi connectivity index (χ2v) is 5.91. The van der Waals surface area contributed by atoms with Gasteiger partial charge in [-0.2, -0.15) is 13.2 Å². The van der Waals surface area contributed by atoms with Gasteiger partial charge in [-0.05, 0) is 32.9 Å². The van der Waals surface area contributed by atoms with Crippen molar-refractivity contribution in [2.75, 3.05) is 7.11 Å². The zero-order valence-electron chi connectivity index (χ0n) is 13.5.